The third kappa shape index (κ3) is 3.76. The van der Waals surface area contributed by atoms with Crippen molar-refractivity contribution in [1.82, 2.24) is 4.90 Å². The van der Waals surface area contributed by atoms with Gasteiger partial charge in [-0.25, -0.2) is 8.78 Å². The molecule has 1 unspecified atom stereocenters. The standard InChI is InChI=1S/C18H15F2NO4/c19-13-3-6-16(15(20)9-13)25-14-4-1-11(2-5-14)17(22)21-8-7-12(10-21)18(23)24/h1-6,9,12H,7-8,10H2,(H,23,24). The summed E-state index contributed by atoms with van der Waals surface area (Å²) in [6.45, 7) is 0.585. The maximum absolute atomic E-state index is 13.6. The average molecular weight is 347 g/mol. The first-order chi connectivity index (χ1) is 11.9. The summed E-state index contributed by atoms with van der Waals surface area (Å²) in [6.07, 6.45) is 0.437. The van der Waals surface area contributed by atoms with Crippen LogP contribution < -0.4 is 4.74 Å². The van der Waals surface area contributed by atoms with Gasteiger partial charge < -0.3 is 14.7 Å². The van der Waals surface area contributed by atoms with Gasteiger partial charge in [0.05, 0.1) is 5.92 Å². The van der Waals surface area contributed by atoms with Crippen LogP contribution in [0.15, 0.2) is 42.5 Å². The van der Waals surface area contributed by atoms with Gasteiger partial charge in [0.25, 0.3) is 5.91 Å². The molecular formula is C18H15F2NO4. The minimum Gasteiger partial charge on any atom is -0.481 e. The lowest BCUT2D eigenvalue weighted by Crippen LogP contribution is -2.29. The Morgan fingerprint density at radius 1 is 1.12 bits per heavy atom. The summed E-state index contributed by atoms with van der Waals surface area (Å²) in [5, 5.41) is 8.99. The lowest BCUT2D eigenvalue weighted by molar-refractivity contribution is -0.141. The van der Waals surface area contributed by atoms with Gasteiger partial charge in [-0.2, -0.15) is 0 Å². The summed E-state index contributed by atoms with van der Waals surface area (Å²) < 4.78 is 31.8. The lowest BCUT2D eigenvalue weighted by atomic mass is 10.1. The second-order valence-corrected chi connectivity index (χ2v) is 5.78. The maximum atomic E-state index is 13.6. The van der Waals surface area contributed by atoms with Crippen molar-refractivity contribution in [2.24, 2.45) is 5.92 Å². The van der Waals surface area contributed by atoms with Crippen LogP contribution in [-0.2, 0) is 4.79 Å². The highest BCUT2D eigenvalue weighted by Gasteiger charge is 2.31. The number of nitrogens with zero attached hydrogens (tertiary/aromatic N) is 1. The second kappa shape index (κ2) is 6.88. The van der Waals surface area contributed by atoms with Crippen LogP contribution in [0.2, 0.25) is 0 Å². The van der Waals surface area contributed by atoms with Crippen LogP contribution in [0.4, 0.5) is 8.78 Å². The molecule has 1 aliphatic heterocycles. The van der Waals surface area contributed by atoms with Gasteiger partial charge in [-0.05, 0) is 42.8 Å². The zero-order valence-corrected chi connectivity index (χ0v) is 13.1. The third-order valence-electron chi connectivity index (χ3n) is 4.05. The molecule has 0 bridgehead atoms. The Balaban J connectivity index is 1.68. The number of carboxylic acids is 1. The Morgan fingerprint density at radius 3 is 2.44 bits per heavy atom. The molecule has 3 rings (SSSR count). The van der Waals surface area contributed by atoms with Crippen molar-refractivity contribution in [3.63, 3.8) is 0 Å². The van der Waals surface area contributed by atoms with Crippen molar-refractivity contribution in [3.8, 4) is 11.5 Å². The number of amides is 1. The Bertz CT molecular complexity index is 807. The van der Waals surface area contributed by atoms with Crippen LogP contribution in [0.3, 0.4) is 0 Å². The Hall–Kier alpha value is -2.96. The highest BCUT2D eigenvalue weighted by molar-refractivity contribution is 5.95. The molecule has 2 aromatic carbocycles. The molecule has 1 heterocycles. The zero-order chi connectivity index (χ0) is 18.0. The molecule has 1 atom stereocenters. The number of carbonyl (C=O) groups excluding carboxylic acids is 1. The molecule has 130 valence electrons. The molecule has 1 fully saturated rings. The first-order valence-electron chi connectivity index (χ1n) is 7.69. The minimum absolute atomic E-state index is 0.121. The van der Waals surface area contributed by atoms with Crippen LogP contribution in [0, 0.1) is 17.6 Å². The number of hydrogen-bond acceptors (Lipinski definition) is 3. The average Bonchev–Trinajstić information content (AvgIpc) is 3.08. The number of hydrogen-bond donors (Lipinski definition) is 1. The van der Waals surface area contributed by atoms with Crippen molar-refractivity contribution in [2.45, 2.75) is 6.42 Å². The lowest BCUT2D eigenvalue weighted by Gasteiger charge is -2.16. The van der Waals surface area contributed by atoms with E-state index in [-0.39, 0.29) is 18.2 Å². The van der Waals surface area contributed by atoms with Crippen molar-refractivity contribution in [1.29, 1.82) is 0 Å². The summed E-state index contributed by atoms with van der Waals surface area (Å²) in [5.41, 5.74) is 0.387. The number of rotatable bonds is 4. The molecule has 1 amide bonds. The highest BCUT2D eigenvalue weighted by Crippen LogP contribution is 2.26. The van der Waals surface area contributed by atoms with Gasteiger partial charge in [0.2, 0.25) is 0 Å². The monoisotopic (exact) mass is 347 g/mol. The fourth-order valence-corrected chi connectivity index (χ4v) is 2.68. The molecule has 0 aromatic heterocycles. The Kier molecular flexibility index (Phi) is 4.65. The van der Waals surface area contributed by atoms with Gasteiger partial charge in [-0.3, -0.25) is 9.59 Å². The van der Waals surface area contributed by atoms with E-state index in [1.165, 1.54) is 35.2 Å². The molecule has 0 saturated carbocycles. The number of carbonyl (C=O) groups is 2. The second-order valence-electron chi connectivity index (χ2n) is 5.78. The number of benzene rings is 2. The molecule has 0 aliphatic carbocycles. The first-order valence-corrected chi connectivity index (χ1v) is 7.69. The Morgan fingerprint density at radius 2 is 1.84 bits per heavy atom. The topological polar surface area (TPSA) is 66.8 Å². The largest absolute Gasteiger partial charge is 0.481 e. The van der Waals surface area contributed by atoms with Gasteiger partial charge in [0, 0.05) is 24.7 Å². The van der Waals surface area contributed by atoms with Gasteiger partial charge >= 0.3 is 5.97 Å². The molecule has 2 aromatic rings. The summed E-state index contributed by atoms with van der Waals surface area (Å²) >= 11 is 0. The van der Waals surface area contributed by atoms with Crippen LogP contribution in [0.5, 0.6) is 11.5 Å². The number of carboxylic acid groups (broad SMARTS) is 1. The van der Waals surface area contributed by atoms with E-state index in [9.17, 15) is 18.4 Å². The predicted octanol–water partition coefficient (Wildman–Crippen LogP) is 3.30. The minimum atomic E-state index is -0.902. The van der Waals surface area contributed by atoms with Crippen molar-refractivity contribution >= 4 is 11.9 Å². The smallest absolute Gasteiger partial charge is 0.308 e. The van der Waals surface area contributed by atoms with Crippen LogP contribution in [-0.4, -0.2) is 35.0 Å². The van der Waals surface area contributed by atoms with E-state index in [0.717, 1.165) is 12.1 Å². The maximum Gasteiger partial charge on any atom is 0.308 e. The Labute approximate surface area is 142 Å². The summed E-state index contributed by atoms with van der Waals surface area (Å²) in [4.78, 5) is 24.8. The zero-order valence-electron chi connectivity index (χ0n) is 13.1. The molecule has 7 heteroatoms. The molecule has 1 N–H and O–H groups in total. The molecule has 1 aliphatic rings. The van der Waals surface area contributed by atoms with E-state index in [4.69, 9.17) is 9.84 Å². The normalized spacial score (nSPS) is 16.7. The fraction of sp³-hybridized carbons (Fsp3) is 0.222. The molecule has 1 saturated heterocycles. The summed E-state index contributed by atoms with van der Waals surface area (Å²) in [5.74, 6) is -3.04. The van der Waals surface area contributed by atoms with E-state index < -0.39 is 23.5 Å². The summed E-state index contributed by atoms with van der Waals surface area (Å²) in [6, 6.07) is 9.03. The van der Waals surface area contributed by atoms with Gasteiger partial charge in [-0.1, -0.05) is 0 Å². The van der Waals surface area contributed by atoms with E-state index in [2.05, 4.69) is 0 Å². The summed E-state index contributed by atoms with van der Waals surface area (Å²) in [7, 11) is 0. The number of aliphatic carboxylic acids is 1. The number of halogens is 2. The van der Waals surface area contributed by atoms with Crippen molar-refractivity contribution < 1.29 is 28.2 Å². The number of likely N-dealkylation sites (tertiary alicyclic amines) is 1. The SMILES string of the molecule is O=C(O)C1CCN(C(=O)c2ccc(Oc3ccc(F)cc3F)cc2)C1. The van der Waals surface area contributed by atoms with Crippen LogP contribution >= 0.6 is 0 Å². The molecular weight excluding hydrogens is 332 g/mol. The van der Waals surface area contributed by atoms with Crippen molar-refractivity contribution in [3.05, 3.63) is 59.7 Å². The van der Waals surface area contributed by atoms with Crippen LogP contribution in [0.25, 0.3) is 0 Å². The quantitative estimate of drug-likeness (QED) is 0.921. The van der Waals surface area contributed by atoms with E-state index >= 15 is 0 Å². The van der Waals surface area contributed by atoms with Gasteiger partial charge in [0.1, 0.15) is 11.6 Å². The molecule has 25 heavy (non-hydrogen) atoms. The molecule has 5 nitrogen and oxygen atoms in total. The fourth-order valence-electron chi connectivity index (χ4n) is 2.68. The highest BCUT2D eigenvalue weighted by atomic mass is 19.1. The predicted molar refractivity (Wildman–Crippen MR) is 84.5 cm³/mol. The van der Waals surface area contributed by atoms with Gasteiger partial charge in [-0.15, -0.1) is 0 Å². The number of ether oxygens (including phenoxy) is 1. The van der Waals surface area contributed by atoms with E-state index in [1.54, 1.807) is 0 Å². The van der Waals surface area contributed by atoms with E-state index in [0.29, 0.717) is 24.3 Å². The molecule has 0 spiro atoms. The van der Waals surface area contributed by atoms with Crippen LogP contribution in [0.1, 0.15) is 16.8 Å². The van der Waals surface area contributed by atoms with Crippen molar-refractivity contribution in [2.75, 3.05) is 13.1 Å². The van der Waals surface area contributed by atoms with Gasteiger partial charge in [0.15, 0.2) is 11.6 Å². The van der Waals surface area contributed by atoms with E-state index in [1.807, 2.05) is 0 Å². The molecule has 0 radical (unpaired) electrons. The third-order valence-corrected chi connectivity index (χ3v) is 4.05. The first kappa shape index (κ1) is 16.9.